The quantitative estimate of drug-likeness (QED) is 0.111. The Kier molecular flexibility index (Phi) is 15.1. The molecule has 0 fully saturated rings. The van der Waals surface area contributed by atoms with Gasteiger partial charge in [-0.05, 0) is 136 Å². The molecule has 412 valence electrons. The van der Waals surface area contributed by atoms with Gasteiger partial charge in [-0.2, -0.15) is 40.3 Å². The maximum absolute atomic E-state index is 6.19. The lowest BCUT2D eigenvalue weighted by molar-refractivity contribution is 0.380. The number of halogens is 1. The molecule has 0 radical (unpaired) electrons. The molecule has 0 amide bonds. The third kappa shape index (κ3) is 11.0. The number of hydrogen-bond donors (Lipinski definition) is 0. The van der Waals surface area contributed by atoms with Crippen LogP contribution in [0.25, 0.3) is 43.6 Å². The molecule has 0 spiro atoms. The summed E-state index contributed by atoms with van der Waals surface area (Å²) in [4.78, 5) is 45.0. The van der Waals surface area contributed by atoms with E-state index in [2.05, 4.69) is 119 Å². The molecule has 0 aliphatic rings. The van der Waals surface area contributed by atoms with E-state index in [4.69, 9.17) is 21.3 Å². The number of rotatable bonds is 11. The molecule has 12 rings (SSSR count). The first-order valence-electron chi connectivity index (χ1n) is 25.8. The Labute approximate surface area is 473 Å². The van der Waals surface area contributed by atoms with E-state index in [0.717, 1.165) is 95.5 Å². The summed E-state index contributed by atoms with van der Waals surface area (Å²) in [5.74, 6) is 4.02. The predicted octanol–water partition coefficient (Wildman–Crippen LogP) is 10.5. The van der Waals surface area contributed by atoms with Crippen molar-refractivity contribution >= 4 is 113 Å². The van der Waals surface area contributed by atoms with Crippen LogP contribution in [0.5, 0.6) is 6.01 Å². The fraction of sp³-hybridized carbons (Fsp3) is 0.241. The average Bonchev–Trinajstić information content (AvgIpc) is 4.40. The van der Waals surface area contributed by atoms with Crippen LogP contribution in [0.2, 0.25) is 5.28 Å². The molecule has 4 aromatic carbocycles. The Hall–Kier alpha value is -9.83. The Balaban J connectivity index is 0.000000146. The predicted molar refractivity (Wildman–Crippen MR) is 322 cm³/mol. The van der Waals surface area contributed by atoms with E-state index in [0.29, 0.717) is 23.7 Å². The van der Waals surface area contributed by atoms with Crippen LogP contribution in [0.3, 0.4) is 0 Å². The monoisotopic (exact) mass is 1100 g/mol. The van der Waals surface area contributed by atoms with Crippen LogP contribution in [0.4, 0.5) is 57.9 Å². The van der Waals surface area contributed by atoms with Gasteiger partial charge in [0.25, 0.3) is 0 Å². The zero-order chi connectivity index (χ0) is 57.4. The maximum Gasteiger partial charge on any atom is 0.318 e. The zero-order valence-electron chi connectivity index (χ0n) is 47.7. The van der Waals surface area contributed by atoms with Crippen LogP contribution in [-0.2, 0) is 28.2 Å². The summed E-state index contributed by atoms with van der Waals surface area (Å²) < 4.78 is 12.6. The molecule has 0 atom stereocenters. The summed E-state index contributed by atoms with van der Waals surface area (Å²) in [7, 11) is 19.2. The van der Waals surface area contributed by atoms with Gasteiger partial charge in [0.05, 0.1) is 34.9 Å². The molecule has 8 aromatic heterocycles. The highest BCUT2D eigenvalue weighted by Gasteiger charge is 2.21. The molecular formula is C58H62ClN21O. The van der Waals surface area contributed by atoms with Gasteiger partial charge >= 0.3 is 6.01 Å². The first-order chi connectivity index (χ1) is 38.9. The van der Waals surface area contributed by atoms with Crippen LogP contribution in [-0.4, -0.2) is 121 Å². The molecule has 0 N–H and O–H groups in total. The lowest BCUT2D eigenvalue weighted by Gasteiger charge is -2.24. The Bertz CT molecular complexity index is 4260. The van der Waals surface area contributed by atoms with Crippen LogP contribution in [0.15, 0.2) is 122 Å². The van der Waals surface area contributed by atoms with E-state index in [1.807, 2.05) is 162 Å². The van der Waals surface area contributed by atoms with Gasteiger partial charge in [-0.25, -0.2) is 19.9 Å². The molecule has 0 saturated carbocycles. The molecule has 0 saturated heterocycles. The van der Waals surface area contributed by atoms with E-state index >= 15 is 0 Å². The fourth-order valence-corrected chi connectivity index (χ4v) is 9.37. The third-order valence-corrected chi connectivity index (χ3v) is 14.6. The lowest BCUT2D eigenvalue weighted by atomic mass is 10.2. The van der Waals surface area contributed by atoms with E-state index in [-0.39, 0.29) is 5.28 Å². The molecule has 0 aliphatic carbocycles. The number of hydrogen-bond acceptors (Lipinski definition) is 18. The van der Waals surface area contributed by atoms with Crippen LogP contribution >= 0.6 is 11.6 Å². The largest absolute Gasteiger partial charge is 0.467 e. The van der Waals surface area contributed by atoms with Crippen LogP contribution in [0.1, 0.15) is 22.8 Å². The molecule has 23 heteroatoms. The molecule has 0 unspecified atom stereocenters. The normalized spacial score (nSPS) is 11.1. The molecule has 0 bridgehead atoms. The number of anilines is 10. The average molecular weight is 1100 g/mol. The Morgan fingerprint density at radius 1 is 0.395 bits per heavy atom. The Morgan fingerprint density at radius 3 is 1.30 bits per heavy atom. The summed E-state index contributed by atoms with van der Waals surface area (Å²) >= 11 is 6.19. The maximum atomic E-state index is 6.19. The summed E-state index contributed by atoms with van der Waals surface area (Å²) in [6, 6.07) is 32.5. The highest BCUT2D eigenvalue weighted by molar-refractivity contribution is 6.28. The number of methoxy groups -OCH3 is 1. The van der Waals surface area contributed by atoms with Crippen molar-refractivity contribution in [3.63, 3.8) is 0 Å². The van der Waals surface area contributed by atoms with Gasteiger partial charge in [-0.15, -0.1) is 0 Å². The Morgan fingerprint density at radius 2 is 0.790 bits per heavy atom. The third-order valence-electron chi connectivity index (χ3n) is 14.4. The molecular weight excluding hydrogens is 1040 g/mol. The first-order valence-corrected chi connectivity index (χ1v) is 26.2. The minimum Gasteiger partial charge on any atom is -0.467 e. The molecule has 22 nitrogen and oxygen atoms in total. The summed E-state index contributed by atoms with van der Waals surface area (Å²) in [6.07, 6.45) is 6.81. The minimum atomic E-state index is 0.135. The molecule has 12 aromatic rings. The smallest absolute Gasteiger partial charge is 0.318 e. The number of fused-ring (bicyclic) bond motifs is 4. The van der Waals surface area contributed by atoms with E-state index in [9.17, 15) is 0 Å². The van der Waals surface area contributed by atoms with Gasteiger partial charge in [-0.1, -0.05) is 0 Å². The first kappa shape index (κ1) is 54.5. The van der Waals surface area contributed by atoms with Gasteiger partial charge < -0.3 is 24.3 Å². The minimum absolute atomic E-state index is 0.135. The topological polar surface area (TPSA) is 200 Å². The van der Waals surface area contributed by atoms with Crippen molar-refractivity contribution in [2.45, 2.75) is 27.7 Å². The van der Waals surface area contributed by atoms with Crippen molar-refractivity contribution in [2.75, 3.05) is 66.8 Å². The molecule has 81 heavy (non-hydrogen) atoms. The fourth-order valence-electron chi connectivity index (χ4n) is 9.23. The second-order valence-electron chi connectivity index (χ2n) is 19.6. The van der Waals surface area contributed by atoms with Gasteiger partial charge in [0.1, 0.15) is 23.3 Å². The van der Waals surface area contributed by atoms with E-state index in [1.165, 1.54) is 11.1 Å². The number of aryl methyl sites for hydroxylation is 8. The number of ether oxygens (including phenoxy) is 1. The highest BCUT2D eigenvalue weighted by Crippen LogP contribution is 2.36. The van der Waals surface area contributed by atoms with Crippen molar-refractivity contribution in [1.82, 2.24) is 79.0 Å². The number of benzene rings is 4. The summed E-state index contributed by atoms with van der Waals surface area (Å²) in [6.45, 7) is 8.25. The van der Waals surface area contributed by atoms with E-state index in [1.54, 1.807) is 38.0 Å². The summed E-state index contributed by atoms with van der Waals surface area (Å²) in [5.41, 5.74) is 12.1. The lowest BCUT2D eigenvalue weighted by Crippen LogP contribution is -2.18. The van der Waals surface area contributed by atoms with Crippen molar-refractivity contribution in [3.05, 3.63) is 150 Å². The van der Waals surface area contributed by atoms with Crippen molar-refractivity contribution < 1.29 is 4.74 Å². The zero-order valence-corrected chi connectivity index (χ0v) is 48.5. The van der Waals surface area contributed by atoms with Gasteiger partial charge in [0.2, 0.25) is 17.2 Å². The second-order valence-corrected chi connectivity index (χ2v) is 19.9. The van der Waals surface area contributed by atoms with Crippen molar-refractivity contribution in [2.24, 2.45) is 28.2 Å². The standard InChI is InChI=1S/C27H25ClN10.C16H20N6.C15H17N5O/c1-16-20-8-6-19(15-23(20)34-36(16)4)38(25-11-12-29-26(28)31-25)27-30-13-10-24(32-27)35(3)18-7-9-22-21(14-18)17(2)37(5)33-22;1-11-13-7-6-12(10-14(13)19-22(11)5)21(4)15-8-9-17-16(18-15)20(2)3;1-10-12-6-5-11(9-13(12)18-20(10)3)19(2)14-7-8-16-15(17-14)21-4/h6-15H,1-5H3;6-10H,1-5H3;5-9H,1-4H3. The number of nitrogens with zero attached hydrogens (tertiary/aromatic N) is 21. The van der Waals surface area contributed by atoms with Gasteiger partial charge in [-0.3, -0.25) is 23.6 Å². The van der Waals surface area contributed by atoms with Crippen molar-refractivity contribution in [3.8, 4) is 6.01 Å². The highest BCUT2D eigenvalue weighted by atomic mass is 35.5. The summed E-state index contributed by atoms with van der Waals surface area (Å²) in [5, 5.41) is 22.9. The van der Waals surface area contributed by atoms with Gasteiger partial charge in [0.15, 0.2) is 0 Å². The van der Waals surface area contributed by atoms with Crippen molar-refractivity contribution in [1.29, 1.82) is 0 Å². The van der Waals surface area contributed by atoms with Gasteiger partial charge in [0, 0.05) is 150 Å². The van der Waals surface area contributed by atoms with Crippen LogP contribution in [0, 0.1) is 27.7 Å². The second kappa shape index (κ2) is 22.5. The SMILES string of the molecule is COc1nccc(N(C)c2ccc3c(C)n(C)nc3c2)n1.Cc1c2ccc(N(C)c3ccnc(N(C)C)n3)cc2nn1C.Cc1c2ccc(N(c3ccnc(Cl)n3)c3nccc(N(C)c4ccc5nn(C)c(C)c5c4)n3)cc2nn1C. The molecule has 0 aliphatic heterocycles. The number of aromatic nitrogens is 16. The molecule has 8 heterocycles. The van der Waals surface area contributed by atoms with Crippen LogP contribution < -0.4 is 29.2 Å². The van der Waals surface area contributed by atoms with E-state index < -0.39 is 0 Å².